The van der Waals surface area contributed by atoms with Crippen LogP contribution in [0.25, 0.3) is 0 Å². The zero-order valence-electron chi connectivity index (χ0n) is 22.4. The maximum absolute atomic E-state index is 12.4. The van der Waals surface area contributed by atoms with Crippen LogP contribution in [0.15, 0.2) is 46.8 Å². The summed E-state index contributed by atoms with van der Waals surface area (Å²) in [6, 6.07) is 6.45. The van der Waals surface area contributed by atoms with Crippen LogP contribution in [0.2, 0.25) is 0 Å². The largest absolute Gasteiger partial charge is 0.405 e. The van der Waals surface area contributed by atoms with Gasteiger partial charge < -0.3 is 15.5 Å². The van der Waals surface area contributed by atoms with Gasteiger partial charge in [-0.25, -0.2) is 9.80 Å². The van der Waals surface area contributed by atoms with Crippen LogP contribution in [0.1, 0.15) is 67.7 Å². The van der Waals surface area contributed by atoms with Gasteiger partial charge in [0.1, 0.15) is 12.4 Å². The topological polar surface area (TPSA) is 90.1 Å². The Bertz CT molecular complexity index is 1260. The maximum atomic E-state index is 12.4. The Kier molecular flexibility index (Phi) is 7.52. The minimum Gasteiger partial charge on any atom is -0.329 e. The van der Waals surface area contributed by atoms with E-state index in [1.54, 1.807) is 18.2 Å². The third kappa shape index (κ3) is 6.48. The third-order valence-electron chi connectivity index (χ3n) is 8.29. The van der Waals surface area contributed by atoms with Gasteiger partial charge in [-0.2, -0.15) is 23.4 Å². The highest BCUT2D eigenvalue weighted by molar-refractivity contribution is 5.92. The number of halogens is 3. The number of hydrogen-bond acceptors (Lipinski definition) is 6. The van der Waals surface area contributed by atoms with Crippen LogP contribution in [0, 0.1) is 5.92 Å². The molecule has 2 N–H and O–H groups in total. The van der Waals surface area contributed by atoms with Gasteiger partial charge in [0.15, 0.2) is 0 Å². The summed E-state index contributed by atoms with van der Waals surface area (Å²) in [6.45, 7) is 2.64. The number of alkyl halides is 3. The van der Waals surface area contributed by atoms with Crippen molar-refractivity contribution in [3.63, 3.8) is 0 Å². The van der Waals surface area contributed by atoms with Gasteiger partial charge in [0.2, 0.25) is 0 Å². The number of carbonyl (C=O) groups is 1. The summed E-state index contributed by atoms with van der Waals surface area (Å²) in [5.74, 6) is 1.98. The van der Waals surface area contributed by atoms with Gasteiger partial charge >= 0.3 is 12.2 Å². The summed E-state index contributed by atoms with van der Waals surface area (Å²) in [5, 5.41) is 15.6. The lowest BCUT2D eigenvalue weighted by molar-refractivity contribution is -0.122. The van der Waals surface area contributed by atoms with Crippen molar-refractivity contribution in [3.8, 4) is 0 Å². The molecule has 3 aliphatic heterocycles. The summed E-state index contributed by atoms with van der Waals surface area (Å²) < 4.78 is 39.3. The molecule has 2 amide bonds. The Labute approximate surface area is 231 Å². The molecular weight excluding hydrogens is 521 g/mol. The molecule has 40 heavy (non-hydrogen) atoms. The van der Waals surface area contributed by atoms with Gasteiger partial charge in [-0.1, -0.05) is 25.0 Å². The number of anilines is 1. The van der Waals surface area contributed by atoms with Crippen molar-refractivity contribution in [1.29, 1.82) is 0 Å². The highest BCUT2D eigenvalue weighted by atomic mass is 19.4. The van der Waals surface area contributed by atoms with Crippen LogP contribution in [0.5, 0.6) is 0 Å². The van der Waals surface area contributed by atoms with Gasteiger partial charge in [-0.3, -0.25) is 9.67 Å². The number of amidine groups is 1. The fraction of sp³-hybridized carbons (Fsp3) is 0.571. The first-order chi connectivity index (χ1) is 19.3. The Balaban J connectivity index is 1.04. The summed E-state index contributed by atoms with van der Waals surface area (Å²) in [7, 11) is 0. The smallest absolute Gasteiger partial charge is 0.329 e. The number of aromatic nitrogens is 2. The second kappa shape index (κ2) is 11.2. The molecule has 2 unspecified atom stereocenters. The molecule has 0 bridgehead atoms. The van der Waals surface area contributed by atoms with Crippen molar-refractivity contribution in [1.82, 2.24) is 25.0 Å². The predicted molar refractivity (Wildman–Crippen MR) is 147 cm³/mol. The van der Waals surface area contributed by atoms with Crippen LogP contribution in [-0.2, 0) is 0 Å². The minimum absolute atomic E-state index is 0.103. The molecule has 12 heteroatoms. The molecule has 0 radical (unpaired) electrons. The number of aliphatic imine (C=N–C) groups is 1. The lowest BCUT2D eigenvalue weighted by atomic mass is 9.97. The van der Waals surface area contributed by atoms with E-state index in [1.807, 2.05) is 28.8 Å². The Hall–Kier alpha value is -3.41. The number of nitrogens with zero attached hydrogens (tertiary/aromatic N) is 6. The molecular formula is C28H35F3N8O. The van der Waals surface area contributed by atoms with E-state index in [1.165, 1.54) is 25.8 Å². The van der Waals surface area contributed by atoms with E-state index < -0.39 is 18.8 Å². The SMILES string of the molecule is O=C(NCC(F)(F)F)Nc1cccc(C2CN=C3CC(c4cnn(C5CCN(CCC6CC6)CC5)c4)C=NN32)c1. The fourth-order valence-corrected chi connectivity index (χ4v) is 5.78. The zero-order valence-corrected chi connectivity index (χ0v) is 22.4. The first kappa shape index (κ1) is 26.8. The van der Waals surface area contributed by atoms with Crippen molar-refractivity contribution in [3.05, 3.63) is 47.8 Å². The van der Waals surface area contributed by atoms with Gasteiger partial charge in [-0.05, 0) is 55.0 Å². The summed E-state index contributed by atoms with van der Waals surface area (Å²) in [5.41, 5.74) is 2.42. The number of piperidine rings is 1. The molecule has 0 spiro atoms. The van der Waals surface area contributed by atoms with Crippen molar-refractivity contribution < 1.29 is 18.0 Å². The van der Waals surface area contributed by atoms with Crippen LogP contribution in [0.4, 0.5) is 23.7 Å². The van der Waals surface area contributed by atoms with Crippen molar-refractivity contribution >= 4 is 23.8 Å². The lowest BCUT2D eigenvalue weighted by Crippen LogP contribution is -2.36. The maximum Gasteiger partial charge on any atom is 0.405 e. The predicted octanol–water partition coefficient (Wildman–Crippen LogP) is 4.93. The van der Waals surface area contributed by atoms with Crippen molar-refractivity contribution in [2.24, 2.45) is 16.0 Å². The fourth-order valence-electron chi connectivity index (χ4n) is 5.78. The van der Waals surface area contributed by atoms with E-state index in [4.69, 9.17) is 15.2 Å². The minimum atomic E-state index is -4.47. The van der Waals surface area contributed by atoms with Crippen molar-refractivity contribution in [2.75, 3.05) is 38.0 Å². The second-order valence-corrected chi connectivity index (χ2v) is 11.3. The Morgan fingerprint density at radius 1 is 1.10 bits per heavy atom. The number of fused-ring (bicyclic) bond motifs is 1. The average Bonchev–Trinajstić information content (AvgIpc) is 3.47. The van der Waals surface area contributed by atoms with Gasteiger partial charge in [0, 0.05) is 43.5 Å². The molecule has 6 rings (SSSR count). The van der Waals surface area contributed by atoms with Crippen LogP contribution >= 0.6 is 0 Å². The number of benzene rings is 1. The number of hydrazone groups is 1. The molecule has 4 aliphatic rings. The summed E-state index contributed by atoms with van der Waals surface area (Å²) >= 11 is 0. The molecule has 2 fully saturated rings. The Morgan fingerprint density at radius 3 is 2.70 bits per heavy atom. The number of rotatable bonds is 8. The Morgan fingerprint density at radius 2 is 1.93 bits per heavy atom. The highest BCUT2D eigenvalue weighted by Crippen LogP contribution is 2.36. The number of nitrogens with one attached hydrogen (secondary N) is 2. The molecule has 1 saturated heterocycles. The van der Waals surface area contributed by atoms with E-state index in [9.17, 15) is 18.0 Å². The monoisotopic (exact) mass is 556 g/mol. The molecule has 1 aliphatic carbocycles. The molecule has 1 aromatic heterocycles. The first-order valence-electron chi connectivity index (χ1n) is 14.2. The average molecular weight is 557 g/mol. The van der Waals surface area contributed by atoms with E-state index in [0.717, 1.165) is 55.2 Å². The number of urea groups is 1. The summed E-state index contributed by atoms with van der Waals surface area (Å²) in [6.07, 6.45) is 8.79. The third-order valence-corrected chi connectivity index (χ3v) is 8.29. The van der Waals surface area contributed by atoms with E-state index in [-0.39, 0.29) is 12.0 Å². The number of amides is 2. The molecule has 2 aromatic rings. The number of carbonyl (C=O) groups excluding carboxylic acids is 1. The van der Waals surface area contributed by atoms with Gasteiger partial charge in [-0.15, -0.1) is 0 Å². The quantitative estimate of drug-likeness (QED) is 0.483. The first-order valence-corrected chi connectivity index (χ1v) is 14.2. The molecule has 2 atom stereocenters. The van der Waals surface area contributed by atoms with Gasteiger partial charge in [0.25, 0.3) is 0 Å². The van der Waals surface area contributed by atoms with E-state index in [0.29, 0.717) is 18.3 Å². The molecule has 4 heterocycles. The van der Waals surface area contributed by atoms with Crippen LogP contribution in [0.3, 0.4) is 0 Å². The highest BCUT2D eigenvalue weighted by Gasteiger charge is 2.34. The second-order valence-electron chi connectivity index (χ2n) is 11.3. The normalized spacial score (nSPS) is 23.7. The lowest BCUT2D eigenvalue weighted by Gasteiger charge is -2.32. The van der Waals surface area contributed by atoms with Crippen LogP contribution < -0.4 is 10.6 Å². The molecule has 9 nitrogen and oxygen atoms in total. The van der Waals surface area contributed by atoms with Crippen molar-refractivity contribution in [2.45, 2.75) is 62.7 Å². The molecule has 1 aromatic carbocycles. The number of hydrogen-bond donors (Lipinski definition) is 2. The molecule has 1 saturated carbocycles. The van der Waals surface area contributed by atoms with E-state index in [2.05, 4.69) is 21.1 Å². The van der Waals surface area contributed by atoms with Gasteiger partial charge in [0.05, 0.1) is 24.8 Å². The summed E-state index contributed by atoms with van der Waals surface area (Å²) in [4.78, 5) is 19.2. The van der Waals surface area contributed by atoms with Crippen LogP contribution in [-0.4, -0.2) is 76.7 Å². The standard InChI is InChI=1S/C28H35F3N8O/c29-28(30,31)18-33-27(40)36-23-3-1-2-20(12-23)25-16-32-26-13-21(14-35-39(25)26)22-15-34-38(17-22)24-7-10-37(11-8-24)9-6-19-4-5-19/h1-3,12,14-15,17,19,21,24-25H,4-11,13,16,18H2,(H2,33,36,40). The molecule has 214 valence electrons. The number of likely N-dealkylation sites (tertiary alicyclic amines) is 1. The zero-order chi connectivity index (χ0) is 27.7. The van der Waals surface area contributed by atoms with E-state index >= 15 is 0 Å².